The Kier molecular flexibility index (Phi) is 3.90. The summed E-state index contributed by atoms with van der Waals surface area (Å²) in [6.07, 6.45) is 1.07. The van der Waals surface area contributed by atoms with Crippen molar-refractivity contribution in [2.24, 2.45) is 0 Å². The number of pyridine rings is 1. The maximum Gasteiger partial charge on any atom is 0.271 e. The van der Waals surface area contributed by atoms with Crippen LogP contribution >= 0.6 is 11.6 Å². The summed E-state index contributed by atoms with van der Waals surface area (Å²) in [5, 5.41) is 13.0. The second-order valence-electron chi connectivity index (χ2n) is 3.74. The Morgan fingerprint density at radius 2 is 2.10 bits per heavy atom. The second kappa shape index (κ2) is 5.62. The van der Waals surface area contributed by atoms with Crippen LogP contribution in [0.15, 0.2) is 36.5 Å². The van der Waals surface area contributed by atoms with Crippen LogP contribution in [0.3, 0.4) is 0 Å². The minimum atomic E-state index is -0.699. The quantitative estimate of drug-likeness (QED) is 0.536. The molecule has 0 fully saturated rings. The van der Waals surface area contributed by atoms with E-state index in [1.54, 1.807) is 0 Å². The van der Waals surface area contributed by atoms with Gasteiger partial charge in [0, 0.05) is 18.3 Å². The smallest absolute Gasteiger partial charge is 0.271 e. The lowest BCUT2D eigenvalue weighted by atomic mass is 10.2. The summed E-state index contributed by atoms with van der Waals surface area (Å²) in [6.45, 7) is 0. The van der Waals surface area contributed by atoms with Crippen molar-refractivity contribution in [1.82, 2.24) is 4.98 Å². The van der Waals surface area contributed by atoms with E-state index in [-0.39, 0.29) is 22.0 Å². The van der Waals surface area contributed by atoms with E-state index >= 15 is 0 Å². The number of nitrogens with one attached hydrogen (secondary N) is 1. The van der Waals surface area contributed by atoms with E-state index in [0.717, 1.165) is 18.3 Å². The van der Waals surface area contributed by atoms with Gasteiger partial charge in [0.1, 0.15) is 0 Å². The summed E-state index contributed by atoms with van der Waals surface area (Å²) < 4.78 is 12.6. The number of nitro benzene ring substituents is 1. The Morgan fingerprint density at radius 1 is 1.35 bits per heavy atom. The molecule has 0 aliphatic heterocycles. The first-order valence-electron chi connectivity index (χ1n) is 5.34. The predicted octanol–water partition coefficient (Wildman–Crippen LogP) is 3.03. The highest BCUT2D eigenvalue weighted by molar-refractivity contribution is 6.34. The molecule has 0 spiro atoms. The molecule has 1 aromatic carbocycles. The topological polar surface area (TPSA) is 85.1 Å². The molecule has 0 saturated carbocycles. The number of carbonyl (C=O) groups excluding carboxylic acids is 1. The van der Waals surface area contributed by atoms with Gasteiger partial charge in [-0.15, -0.1) is 0 Å². The van der Waals surface area contributed by atoms with E-state index in [0.29, 0.717) is 0 Å². The number of hydrogen-bond donors (Lipinski definition) is 1. The lowest BCUT2D eigenvalue weighted by Crippen LogP contribution is -2.12. The molecule has 0 radical (unpaired) electrons. The number of nitro groups is 1. The van der Waals surface area contributed by atoms with Crippen molar-refractivity contribution in [3.05, 3.63) is 63.2 Å². The van der Waals surface area contributed by atoms with Crippen LogP contribution in [0.2, 0.25) is 5.02 Å². The van der Waals surface area contributed by atoms with Crippen molar-refractivity contribution in [1.29, 1.82) is 0 Å². The molecule has 2 rings (SSSR count). The average Bonchev–Trinajstić information content (AvgIpc) is 2.41. The molecule has 0 aliphatic carbocycles. The van der Waals surface area contributed by atoms with Crippen LogP contribution in [0.4, 0.5) is 15.8 Å². The summed E-state index contributed by atoms with van der Waals surface area (Å²) in [5.74, 6) is -1.25. The summed E-state index contributed by atoms with van der Waals surface area (Å²) in [6, 6.07) is 5.96. The van der Waals surface area contributed by atoms with Gasteiger partial charge in [-0.1, -0.05) is 11.6 Å². The Labute approximate surface area is 117 Å². The highest BCUT2D eigenvalue weighted by atomic mass is 35.5. The highest BCUT2D eigenvalue weighted by Gasteiger charge is 2.12. The second-order valence-corrected chi connectivity index (χ2v) is 4.15. The minimum Gasteiger partial charge on any atom is -0.321 e. The largest absolute Gasteiger partial charge is 0.321 e. The number of halogens is 2. The number of amides is 1. The standard InChI is InChI=1S/C12H7ClFN3O3/c13-9-5-8(17(19)20)2-3-10(9)16-12(18)7-1-4-11(14)15-6-7/h1-6H,(H,16,18). The molecule has 8 heteroatoms. The van der Waals surface area contributed by atoms with Gasteiger partial charge in [-0.2, -0.15) is 4.39 Å². The summed E-state index contributed by atoms with van der Waals surface area (Å²) >= 11 is 5.84. The fraction of sp³-hybridized carbons (Fsp3) is 0. The fourth-order valence-corrected chi connectivity index (χ4v) is 1.65. The van der Waals surface area contributed by atoms with E-state index in [4.69, 9.17) is 11.6 Å². The molecule has 0 unspecified atom stereocenters. The molecule has 20 heavy (non-hydrogen) atoms. The maximum atomic E-state index is 12.6. The van der Waals surface area contributed by atoms with E-state index in [1.165, 1.54) is 18.2 Å². The van der Waals surface area contributed by atoms with Crippen LogP contribution in [-0.2, 0) is 0 Å². The zero-order chi connectivity index (χ0) is 14.7. The Hall–Kier alpha value is -2.54. The first-order chi connectivity index (χ1) is 9.47. The predicted molar refractivity (Wildman–Crippen MR) is 70.3 cm³/mol. The van der Waals surface area contributed by atoms with Gasteiger partial charge in [0.15, 0.2) is 0 Å². The van der Waals surface area contributed by atoms with Crippen LogP contribution in [0.1, 0.15) is 10.4 Å². The Bertz CT molecular complexity index is 676. The third kappa shape index (κ3) is 3.07. The van der Waals surface area contributed by atoms with Crippen molar-refractivity contribution < 1.29 is 14.1 Å². The minimum absolute atomic E-state index is 0.0302. The average molecular weight is 296 g/mol. The molecule has 1 aromatic heterocycles. The van der Waals surface area contributed by atoms with Gasteiger partial charge in [-0.05, 0) is 18.2 Å². The number of nitrogens with zero attached hydrogens (tertiary/aromatic N) is 2. The highest BCUT2D eigenvalue weighted by Crippen LogP contribution is 2.26. The fourth-order valence-electron chi connectivity index (χ4n) is 1.42. The maximum absolute atomic E-state index is 12.6. The molecule has 0 aliphatic rings. The van der Waals surface area contributed by atoms with Gasteiger partial charge in [0.25, 0.3) is 11.6 Å². The van der Waals surface area contributed by atoms with Crippen LogP contribution in [-0.4, -0.2) is 15.8 Å². The molecular formula is C12H7ClFN3O3. The van der Waals surface area contributed by atoms with E-state index in [1.807, 2.05) is 0 Å². The van der Waals surface area contributed by atoms with E-state index < -0.39 is 16.8 Å². The van der Waals surface area contributed by atoms with Gasteiger partial charge in [-0.3, -0.25) is 14.9 Å². The third-order valence-electron chi connectivity index (χ3n) is 2.40. The molecule has 0 atom stereocenters. The number of aromatic nitrogens is 1. The monoisotopic (exact) mass is 295 g/mol. The summed E-state index contributed by atoms with van der Waals surface area (Å²) in [5.41, 5.74) is 0.170. The number of carbonyl (C=O) groups is 1. The van der Waals surface area contributed by atoms with Gasteiger partial charge >= 0.3 is 0 Å². The number of benzene rings is 1. The normalized spacial score (nSPS) is 10.1. The summed E-state index contributed by atoms with van der Waals surface area (Å²) in [7, 11) is 0. The number of rotatable bonds is 3. The third-order valence-corrected chi connectivity index (χ3v) is 2.71. The van der Waals surface area contributed by atoms with Crippen molar-refractivity contribution >= 4 is 28.9 Å². The van der Waals surface area contributed by atoms with Crippen LogP contribution < -0.4 is 5.32 Å². The first-order valence-corrected chi connectivity index (χ1v) is 5.72. The zero-order valence-corrected chi connectivity index (χ0v) is 10.6. The van der Waals surface area contributed by atoms with Gasteiger partial charge < -0.3 is 5.32 Å². The van der Waals surface area contributed by atoms with Crippen molar-refractivity contribution in [3.63, 3.8) is 0 Å². The van der Waals surface area contributed by atoms with E-state index in [9.17, 15) is 19.3 Å². The Balaban J connectivity index is 2.19. The first kappa shape index (κ1) is 13.9. The summed E-state index contributed by atoms with van der Waals surface area (Å²) in [4.78, 5) is 25.1. The number of non-ortho nitro benzene ring substituents is 1. The van der Waals surface area contributed by atoms with Crippen LogP contribution in [0, 0.1) is 16.1 Å². The lowest BCUT2D eigenvalue weighted by Gasteiger charge is -2.06. The molecule has 1 N–H and O–H groups in total. The molecule has 2 aromatic rings. The molecule has 1 heterocycles. The molecule has 102 valence electrons. The molecule has 1 amide bonds. The van der Waals surface area contributed by atoms with Gasteiger partial charge in [0.05, 0.1) is 21.2 Å². The van der Waals surface area contributed by atoms with Gasteiger partial charge in [-0.25, -0.2) is 4.98 Å². The number of anilines is 1. The zero-order valence-electron chi connectivity index (χ0n) is 9.84. The molecule has 6 nitrogen and oxygen atoms in total. The van der Waals surface area contributed by atoms with Crippen molar-refractivity contribution in [3.8, 4) is 0 Å². The van der Waals surface area contributed by atoms with Crippen molar-refractivity contribution in [2.75, 3.05) is 5.32 Å². The molecule has 0 saturated heterocycles. The Morgan fingerprint density at radius 3 is 2.65 bits per heavy atom. The van der Waals surface area contributed by atoms with E-state index in [2.05, 4.69) is 10.3 Å². The van der Waals surface area contributed by atoms with Crippen LogP contribution in [0.5, 0.6) is 0 Å². The lowest BCUT2D eigenvalue weighted by molar-refractivity contribution is -0.384. The van der Waals surface area contributed by atoms with Crippen LogP contribution in [0.25, 0.3) is 0 Å². The number of hydrogen-bond acceptors (Lipinski definition) is 4. The molecule has 0 bridgehead atoms. The van der Waals surface area contributed by atoms with Crippen molar-refractivity contribution in [2.45, 2.75) is 0 Å². The molecular weight excluding hydrogens is 289 g/mol. The van der Waals surface area contributed by atoms with Gasteiger partial charge in [0.2, 0.25) is 5.95 Å². The SMILES string of the molecule is O=C(Nc1ccc([N+](=O)[O-])cc1Cl)c1ccc(F)nc1.